The molecule has 2 aromatic rings. The molecule has 0 spiro atoms. The second kappa shape index (κ2) is 3.43. The smallest absolute Gasteiger partial charge is 0.140 e. The van der Waals surface area contributed by atoms with Crippen LogP contribution in [0.25, 0.3) is 10.9 Å². The number of nitrogens with two attached hydrogens (primary N) is 1. The van der Waals surface area contributed by atoms with E-state index in [-0.39, 0.29) is 5.75 Å². The van der Waals surface area contributed by atoms with E-state index in [0.717, 1.165) is 5.39 Å². The van der Waals surface area contributed by atoms with E-state index in [9.17, 15) is 10.2 Å². The van der Waals surface area contributed by atoms with Crippen molar-refractivity contribution < 1.29 is 10.2 Å². The highest BCUT2D eigenvalue weighted by molar-refractivity contribution is 5.92. The summed E-state index contributed by atoms with van der Waals surface area (Å²) in [6, 6.07) is 3.28. The monoisotopic (exact) mass is 207 g/mol. The molecule has 80 valence electrons. The maximum absolute atomic E-state index is 9.47. The van der Waals surface area contributed by atoms with Crippen LogP contribution in [0.2, 0.25) is 0 Å². The molecular weight excluding hydrogens is 194 g/mol. The molecule has 1 aromatic heterocycles. The minimum atomic E-state index is -0.505. The number of aliphatic hydroxyl groups excluding tert-OH is 1. The summed E-state index contributed by atoms with van der Waals surface area (Å²) in [5, 5.41) is 23.7. The highest BCUT2D eigenvalue weighted by atomic mass is 16.3. The van der Waals surface area contributed by atoms with Gasteiger partial charge in [0.25, 0.3) is 0 Å². The molecule has 4 N–H and O–H groups in total. The van der Waals surface area contributed by atoms with E-state index in [1.165, 1.54) is 6.07 Å². The summed E-state index contributed by atoms with van der Waals surface area (Å²) < 4.78 is 1.59. The number of aromatic hydroxyl groups is 1. The molecule has 0 aliphatic heterocycles. The largest absolute Gasteiger partial charge is 0.506 e. The zero-order chi connectivity index (χ0) is 11.0. The number of nitrogens with zero attached hydrogens (tertiary/aromatic N) is 2. The number of fused-ring (bicyclic) bond motifs is 1. The van der Waals surface area contributed by atoms with E-state index in [1.54, 1.807) is 23.9 Å². The molecule has 15 heavy (non-hydrogen) atoms. The van der Waals surface area contributed by atoms with Crippen LogP contribution in [0.3, 0.4) is 0 Å². The van der Waals surface area contributed by atoms with Gasteiger partial charge in [-0.3, -0.25) is 4.68 Å². The molecule has 0 fully saturated rings. The fourth-order valence-corrected chi connectivity index (χ4v) is 1.58. The standard InChI is InChI=1S/C10H13N3O2/c1-6(14)5-13-10-7(4-12-13)2-3-8(15)9(10)11/h2-4,6,14-15H,5,11H2,1H3/t6-/m1/s1. The van der Waals surface area contributed by atoms with E-state index >= 15 is 0 Å². The van der Waals surface area contributed by atoms with Gasteiger partial charge in [-0.05, 0) is 19.1 Å². The Labute approximate surface area is 86.7 Å². The fraction of sp³-hybridized carbons (Fsp3) is 0.300. The van der Waals surface area contributed by atoms with Gasteiger partial charge < -0.3 is 15.9 Å². The third-order valence-corrected chi connectivity index (χ3v) is 2.26. The number of hydrogen-bond acceptors (Lipinski definition) is 4. The Morgan fingerprint density at radius 1 is 1.53 bits per heavy atom. The van der Waals surface area contributed by atoms with Crippen molar-refractivity contribution >= 4 is 16.6 Å². The third-order valence-electron chi connectivity index (χ3n) is 2.26. The van der Waals surface area contributed by atoms with Gasteiger partial charge in [0.1, 0.15) is 11.4 Å². The zero-order valence-corrected chi connectivity index (χ0v) is 8.38. The average Bonchev–Trinajstić information content (AvgIpc) is 2.55. The highest BCUT2D eigenvalue weighted by Crippen LogP contribution is 2.29. The maximum atomic E-state index is 9.47. The number of rotatable bonds is 2. The number of benzene rings is 1. The molecule has 0 aliphatic carbocycles. The first-order valence-corrected chi connectivity index (χ1v) is 4.70. The molecule has 1 aromatic carbocycles. The molecule has 0 radical (unpaired) electrons. The van der Waals surface area contributed by atoms with Crippen LogP contribution in [0.4, 0.5) is 5.69 Å². The van der Waals surface area contributed by atoms with Crippen molar-refractivity contribution in [1.82, 2.24) is 9.78 Å². The Bertz CT molecular complexity index is 491. The average molecular weight is 207 g/mol. The summed E-state index contributed by atoms with van der Waals surface area (Å²) >= 11 is 0. The number of aromatic nitrogens is 2. The molecule has 0 saturated carbocycles. The molecule has 0 bridgehead atoms. The van der Waals surface area contributed by atoms with Crippen LogP contribution in [-0.4, -0.2) is 26.1 Å². The van der Waals surface area contributed by atoms with Gasteiger partial charge in [-0.2, -0.15) is 5.10 Å². The van der Waals surface area contributed by atoms with E-state index in [0.29, 0.717) is 17.7 Å². The lowest BCUT2D eigenvalue weighted by atomic mass is 10.2. The van der Waals surface area contributed by atoms with Crippen molar-refractivity contribution in [3.05, 3.63) is 18.3 Å². The van der Waals surface area contributed by atoms with Gasteiger partial charge in [0, 0.05) is 5.39 Å². The summed E-state index contributed by atoms with van der Waals surface area (Å²) in [7, 11) is 0. The van der Waals surface area contributed by atoms with Crippen LogP contribution in [0.1, 0.15) is 6.92 Å². The number of phenolic OH excluding ortho intramolecular Hbond substituents is 1. The van der Waals surface area contributed by atoms with Crippen molar-refractivity contribution in [2.24, 2.45) is 0 Å². The van der Waals surface area contributed by atoms with E-state index in [4.69, 9.17) is 5.73 Å². The first-order valence-electron chi connectivity index (χ1n) is 4.70. The lowest BCUT2D eigenvalue weighted by molar-refractivity contribution is 0.170. The van der Waals surface area contributed by atoms with Gasteiger partial charge >= 0.3 is 0 Å². The van der Waals surface area contributed by atoms with Gasteiger partial charge in [0.2, 0.25) is 0 Å². The second-order valence-electron chi connectivity index (χ2n) is 3.61. The van der Waals surface area contributed by atoms with Gasteiger partial charge in [-0.25, -0.2) is 0 Å². The molecule has 0 unspecified atom stereocenters. The minimum Gasteiger partial charge on any atom is -0.506 e. The zero-order valence-electron chi connectivity index (χ0n) is 8.38. The third kappa shape index (κ3) is 1.61. The van der Waals surface area contributed by atoms with Crippen molar-refractivity contribution in [2.45, 2.75) is 19.6 Å². The summed E-state index contributed by atoms with van der Waals surface area (Å²) in [5.41, 5.74) is 6.71. The van der Waals surface area contributed by atoms with Crippen molar-refractivity contribution in [3.8, 4) is 5.75 Å². The van der Waals surface area contributed by atoms with Crippen LogP contribution >= 0.6 is 0 Å². The molecule has 5 heteroatoms. The number of aliphatic hydroxyl groups is 1. The number of hydrogen-bond donors (Lipinski definition) is 3. The SMILES string of the molecule is C[C@@H](O)Cn1ncc2ccc(O)c(N)c21. The Kier molecular flexibility index (Phi) is 2.24. The van der Waals surface area contributed by atoms with E-state index in [1.807, 2.05) is 0 Å². The number of nitrogen functional groups attached to an aromatic ring is 1. The second-order valence-corrected chi connectivity index (χ2v) is 3.61. The van der Waals surface area contributed by atoms with Crippen molar-refractivity contribution in [2.75, 3.05) is 5.73 Å². The number of phenols is 1. The predicted molar refractivity (Wildman–Crippen MR) is 57.5 cm³/mol. The number of anilines is 1. The predicted octanol–water partition coefficient (Wildman–Crippen LogP) is 0.705. The fourth-order valence-electron chi connectivity index (χ4n) is 1.58. The van der Waals surface area contributed by atoms with Gasteiger partial charge in [-0.15, -0.1) is 0 Å². The van der Waals surface area contributed by atoms with Gasteiger partial charge in [0.05, 0.1) is 24.4 Å². The quantitative estimate of drug-likeness (QED) is 0.500. The van der Waals surface area contributed by atoms with Crippen LogP contribution in [-0.2, 0) is 6.54 Å². The first kappa shape index (κ1) is 9.79. The Balaban J connectivity index is 2.61. The topological polar surface area (TPSA) is 84.3 Å². The molecule has 0 aliphatic rings. The van der Waals surface area contributed by atoms with E-state index < -0.39 is 6.10 Å². The minimum absolute atomic E-state index is 0.0369. The summed E-state index contributed by atoms with van der Waals surface area (Å²) in [5.74, 6) is 0.0369. The van der Waals surface area contributed by atoms with Gasteiger partial charge in [0.15, 0.2) is 0 Å². The molecule has 0 saturated heterocycles. The van der Waals surface area contributed by atoms with Crippen LogP contribution in [0.15, 0.2) is 18.3 Å². The lowest BCUT2D eigenvalue weighted by Crippen LogP contribution is -2.13. The molecule has 1 heterocycles. The molecule has 5 nitrogen and oxygen atoms in total. The Hall–Kier alpha value is -1.75. The van der Waals surface area contributed by atoms with Crippen molar-refractivity contribution in [1.29, 1.82) is 0 Å². The molecule has 1 atom stereocenters. The van der Waals surface area contributed by atoms with Crippen LogP contribution in [0.5, 0.6) is 5.75 Å². The Morgan fingerprint density at radius 3 is 2.93 bits per heavy atom. The lowest BCUT2D eigenvalue weighted by Gasteiger charge is -2.08. The summed E-state index contributed by atoms with van der Waals surface area (Å²) in [4.78, 5) is 0. The van der Waals surface area contributed by atoms with Gasteiger partial charge in [-0.1, -0.05) is 0 Å². The molecular formula is C10H13N3O2. The highest BCUT2D eigenvalue weighted by Gasteiger charge is 2.10. The normalized spacial score (nSPS) is 13.2. The maximum Gasteiger partial charge on any atom is 0.140 e. The first-order chi connectivity index (χ1) is 7.09. The molecule has 0 amide bonds. The molecule has 2 rings (SSSR count). The summed E-state index contributed by atoms with van der Waals surface area (Å²) in [6.45, 7) is 2.03. The van der Waals surface area contributed by atoms with Crippen LogP contribution < -0.4 is 5.73 Å². The van der Waals surface area contributed by atoms with Crippen LogP contribution in [0, 0.1) is 0 Å². The van der Waals surface area contributed by atoms with E-state index in [2.05, 4.69) is 5.10 Å². The van der Waals surface area contributed by atoms with Crippen molar-refractivity contribution in [3.63, 3.8) is 0 Å². The Morgan fingerprint density at radius 2 is 2.27 bits per heavy atom. The summed E-state index contributed by atoms with van der Waals surface area (Å²) in [6.07, 6.45) is 1.16.